The smallest absolute Gasteiger partial charge is 0.295 e. The van der Waals surface area contributed by atoms with E-state index in [2.05, 4.69) is 15.6 Å². The molecule has 37 heavy (non-hydrogen) atoms. The summed E-state index contributed by atoms with van der Waals surface area (Å²) in [6.07, 6.45) is -0.553. The predicted molar refractivity (Wildman–Crippen MR) is 135 cm³/mol. The minimum atomic E-state index is -1.56. The molecule has 0 aliphatic carbocycles. The van der Waals surface area contributed by atoms with E-state index in [1.54, 1.807) is 47.4 Å². The lowest BCUT2D eigenvalue weighted by Crippen LogP contribution is -2.52. The molecule has 11 nitrogen and oxygen atoms in total. The first kappa shape index (κ1) is 25.6. The summed E-state index contributed by atoms with van der Waals surface area (Å²) < 4.78 is 0. The minimum Gasteiger partial charge on any atom is -0.383 e. The van der Waals surface area contributed by atoms with Crippen molar-refractivity contribution in [2.75, 3.05) is 38.5 Å². The van der Waals surface area contributed by atoms with Gasteiger partial charge in [0.2, 0.25) is 5.91 Å². The lowest BCUT2D eigenvalue weighted by atomic mass is 10.1. The molecule has 11 heteroatoms. The van der Waals surface area contributed by atoms with Crippen LogP contribution in [0.4, 0.5) is 5.69 Å². The quantitative estimate of drug-likeness (QED) is 0.275. The molecular weight excluding hydrogens is 478 g/mol. The van der Waals surface area contributed by atoms with Gasteiger partial charge in [0, 0.05) is 50.4 Å². The van der Waals surface area contributed by atoms with Crippen molar-refractivity contribution in [2.45, 2.75) is 12.5 Å². The van der Waals surface area contributed by atoms with E-state index in [-0.39, 0.29) is 30.2 Å². The van der Waals surface area contributed by atoms with Gasteiger partial charge in [-0.05, 0) is 18.2 Å². The molecule has 1 aliphatic heterocycles. The van der Waals surface area contributed by atoms with Crippen molar-refractivity contribution in [1.82, 2.24) is 20.1 Å². The maximum Gasteiger partial charge on any atom is 0.295 e. The predicted octanol–water partition coefficient (Wildman–Crippen LogP) is 0.771. The maximum atomic E-state index is 13.1. The lowest BCUT2D eigenvalue weighted by Gasteiger charge is -2.34. The second-order valence-electron chi connectivity index (χ2n) is 8.59. The summed E-state index contributed by atoms with van der Waals surface area (Å²) in [5.74, 6) is -2.78. The fourth-order valence-corrected chi connectivity index (χ4v) is 4.17. The van der Waals surface area contributed by atoms with Gasteiger partial charge in [-0.1, -0.05) is 30.3 Å². The fourth-order valence-electron chi connectivity index (χ4n) is 4.17. The molecular formula is C26H27N5O6. The summed E-state index contributed by atoms with van der Waals surface area (Å²) in [5.41, 5.74) is 1.40. The normalized spacial score (nSPS) is 14.2. The van der Waals surface area contributed by atoms with Crippen molar-refractivity contribution < 1.29 is 29.1 Å². The number of H-pyrrole nitrogens is 1. The van der Waals surface area contributed by atoms with Crippen molar-refractivity contribution in [3.8, 4) is 0 Å². The molecule has 1 fully saturated rings. The Morgan fingerprint density at radius 2 is 1.62 bits per heavy atom. The van der Waals surface area contributed by atoms with E-state index in [1.807, 2.05) is 6.07 Å². The van der Waals surface area contributed by atoms with Crippen LogP contribution in [0.15, 0.2) is 54.7 Å². The number of fused-ring (bicyclic) bond motifs is 1. The molecule has 2 aromatic carbocycles. The van der Waals surface area contributed by atoms with Crippen molar-refractivity contribution in [2.24, 2.45) is 0 Å². The first-order chi connectivity index (χ1) is 17.8. The number of carbonyl (C=O) groups excluding carboxylic acids is 5. The molecule has 3 aromatic rings. The summed E-state index contributed by atoms with van der Waals surface area (Å²) in [7, 11) is 1.40. The van der Waals surface area contributed by atoms with Gasteiger partial charge in [0.25, 0.3) is 23.5 Å². The number of aromatic nitrogens is 1. The number of aliphatic hydroxyl groups excluding tert-OH is 1. The highest BCUT2D eigenvalue weighted by Crippen LogP contribution is 2.26. The van der Waals surface area contributed by atoms with Crippen LogP contribution >= 0.6 is 0 Å². The van der Waals surface area contributed by atoms with E-state index in [4.69, 9.17) is 0 Å². The van der Waals surface area contributed by atoms with Crippen LogP contribution in [0.2, 0.25) is 0 Å². The van der Waals surface area contributed by atoms with Gasteiger partial charge in [-0.25, -0.2) is 0 Å². The van der Waals surface area contributed by atoms with Crippen molar-refractivity contribution in [1.29, 1.82) is 0 Å². The van der Waals surface area contributed by atoms with Crippen LogP contribution in [0.25, 0.3) is 10.9 Å². The monoisotopic (exact) mass is 505 g/mol. The highest BCUT2D eigenvalue weighted by atomic mass is 16.3. The molecule has 0 spiro atoms. The van der Waals surface area contributed by atoms with Gasteiger partial charge in [-0.3, -0.25) is 24.0 Å². The Bertz CT molecular complexity index is 1340. The van der Waals surface area contributed by atoms with E-state index in [0.717, 1.165) is 0 Å². The van der Waals surface area contributed by atoms with E-state index in [9.17, 15) is 29.1 Å². The van der Waals surface area contributed by atoms with Gasteiger partial charge >= 0.3 is 0 Å². The first-order valence-corrected chi connectivity index (χ1v) is 11.8. The Hall–Kier alpha value is -4.51. The largest absolute Gasteiger partial charge is 0.383 e. The molecule has 1 unspecified atom stereocenters. The van der Waals surface area contributed by atoms with Crippen LogP contribution < -0.4 is 10.6 Å². The van der Waals surface area contributed by atoms with Crippen LogP contribution in [0.3, 0.4) is 0 Å². The number of benzene rings is 2. The third-order valence-electron chi connectivity index (χ3n) is 6.25. The molecule has 1 aromatic heterocycles. The molecule has 1 aliphatic rings. The third-order valence-corrected chi connectivity index (χ3v) is 6.25. The topological polar surface area (TPSA) is 152 Å². The van der Waals surface area contributed by atoms with Gasteiger partial charge in [0.05, 0.1) is 23.2 Å². The Labute approximate surface area is 212 Å². The molecule has 1 saturated heterocycles. The zero-order valence-electron chi connectivity index (χ0n) is 20.2. The second kappa shape index (κ2) is 11.0. The third kappa shape index (κ3) is 5.51. The molecule has 4 N–H and O–H groups in total. The first-order valence-electron chi connectivity index (χ1n) is 11.8. The number of aromatic amines is 1. The number of Topliss-reactive ketones (excluding diaryl/α,β-unsaturated/α-hetero) is 1. The second-order valence-corrected chi connectivity index (χ2v) is 8.59. The van der Waals surface area contributed by atoms with Gasteiger partial charge in [0.15, 0.2) is 0 Å². The Balaban J connectivity index is 1.42. The van der Waals surface area contributed by atoms with Crippen molar-refractivity contribution in [3.63, 3.8) is 0 Å². The highest BCUT2D eigenvalue weighted by molar-refractivity contribution is 6.45. The van der Waals surface area contributed by atoms with Gasteiger partial charge in [-0.2, -0.15) is 0 Å². The van der Waals surface area contributed by atoms with Crippen LogP contribution in [0, 0.1) is 0 Å². The highest BCUT2D eigenvalue weighted by Gasteiger charge is 2.30. The van der Waals surface area contributed by atoms with Crippen molar-refractivity contribution in [3.05, 3.63) is 65.9 Å². The molecule has 4 amide bonds. The number of anilines is 1. The number of hydrogen-bond donors (Lipinski definition) is 4. The Kier molecular flexibility index (Phi) is 7.63. The summed E-state index contributed by atoms with van der Waals surface area (Å²) in [6, 6.07) is 13.7. The number of nitrogens with zero attached hydrogens (tertiary/aromatic N) is 2. The summed E-state index contributed by atoms with van der Waals surface area (Å²) >= 11 is 0. The van der Waals surface area contributed by atoms with Gasteiger partial charge in [0.1, 0.15) is 6.10 Å². The summed E-state index contributed by atoms with van der Waals surface area (Å²) in [5, 5.41) is 15.3. The molecule has 0 radical (unpaired) electrons. The zero-order chi connectivity index (χ0) is 26.5. The van der Waals surface area contributed by atoms with E-state index < -0.39 is 36.0 Å². The number of aliphatic hydroxyl groups is 1. The van der Waals surface area contributed by atoms with Gasteiger partial charge in [-0.15, -0.1) is 0 Å². The number of rotatable bonds is 7. The summed E-state index contributed by atoms with van der Waals surface area (Å²) in [6.45, 7) is 1.09. The van der Waals surface area contributed by atoms with Gasteiger partial charge < -0.3 is 30.5 Å². The zero-order valence-corrected chi connectivity index (χ0v) is 20.2. The number of ketones is 1. The minimum absolute atomic E-state index is 0.120. The molecule has 0 bridgehead atoms. The van der Waals surface area contributed by atoms with E-state index >= 15 is 0 Å². The standard InChI is InChI=1S/C26H27N5O6/c1-27-21(33)14-20(32)24(35)29-19-9-5-8-17-18(15-28-22(17)19)23(34)26(37)31-12-10-30(11-13-31)25(36)16-6-3-2-4-7-16/h2-9,15,20,28,32H,10-14H2,1H3,(H,27,33)(H,29,35). The number of hydrogen-bond acceptors (Lipinski definition) is 6. The SMILES string of the molecule is CNC(=O)CC(O)C(=O)Nc1cccc2c(C(=O)C(=O)N3CCN(C(=O)c4ccccc4)CC3)c[nH]c12. The van der Waals surface area contributed by atoms with Crippen LogP contribution in [-0.4, -0.2) is 88.6 Å². The molecule has 192 valence electrons. The molecule has 1 atom stereocenters. The average molecular weight is 506 g/mol. The van der Waals surface area contributed by atoms with Crippen LogP contribution in [0.1, 0.15) is 27.1 Å². The molecule has 0 saturated carbocycles. The number of nitrogens with one attached hydrogen (secondary N) is 3. The maximum absolute atomic E-state index is 13.1. The lowest BCUT2D eigenvalue weighted by molar-refractivity contribution is -0.130. The van der Waals surface area contributed by atoms with E-state index in [1.165, 1.54) is 18.1 Å². The van der Waals surface area contributed by atoms with Crippen molar-refractivity contribution >= 4 is 46.0 Å². The number of piperazine rings is 1. The van der Waals surface area contributed by atoms with Crippen LogP contribution in [-0.2, 0) is 14.4 Å². The Morgan fingerprint density at radius 1 is 0.946 bits per heavy atom. The molecule has 4 rings (SSSR count). The summed E-state index contributed by atoms with van der Waals surface area (Å²) in [4.78, 5) is 68.5. The van der Waals surface area contributed by atoms with E-state index in [0.29, 0.717) is 29.6 Å². The fraction of sp³-hybridized carbons (Fsp3) is 0.269. The number of amides is 4. The van der Waals surface area contributed by atoms with Crippen LogP contribution in [0.5, 0.6) is 0 Å². The Morgan fingerprint density at radius 3 is 2.30 bits per heavy atom. The number of para-hydroxylation sites is 1. The molecule has 2 heterocycles. The number of carbonyl (C=O) groups is 5. The average Bonchev–Trinajstić information content (AvgIpc) is 3.37.